The van der Waals surface area contributed by atoms with Crippen molar-refractivity contribution in [2.75, 3.05) is 20.1 Å². The van der Waals surface area contributed by atoms with E-state index in [1.807, 2.05) is 17.1 Å². The first-order valence-corrected chi connectivity index (χ1v) is 9.19. The molecule has 0 aromatic rings. The van der Waals surface area contributed by atoms with Gasteiger partial charge in [0.05, 0.1) is 0 Å². The summed E-state index contributed by atoms with van der Waals surface area (Å²) in [6, 6.07) is 0. The predicted molar refractivity (Wildman–Crippen MR) is 108 cm³/mol. The Hall–Kier alpha value is -1.81. The molecule has 1 N–H and O–H groups in total. The van der Waals surface area contributed by atoms with E-state index >= 15 is 0 Å². The summed E-state index contributed by atoms with van der Waals surface area (Å²) in [6.07, 6.45) is 12.2. The number of nitrogens with zero attached hydrogens (tertiary/aromatic N) is 2. The van der Waals surface area contributed by atoms with Crippen LogP contribution >= 0.6 is 11.6 Å². The molecule has 0 bridgehead atoms. The molecule has 25 heavy (non-hydrogen) atoms. The summed E-state index contributed by atoms with van der Waals surface area (Å²) in [5.74, 6) is 1.23. The van der Waals surface area contributed by atoms with Crippen LogP contribution in [0.25, 0.3) is 0 Å². The molecule has 0 radical (unpaired) electrons. The van der Waals surface area contributed by atoms with E-state index in [1.165, 1.54) is 11.3 Å². The van der Waals surface area contributed by atoms with Gasteiger partial charge in [0.2, 0.25) is 6.41 Å². The molecule has 0 fully saturated rings. The van der Waals surface area contributed by atoms with Crippen LogP contribution < -0.4 is 5.32 Å². The van der Waals surface area contributed by atoms with Crippen LogP contribution in [0.3, 0.4) is 0 Å². The fourth-order valence-corrected chi connectivity index (χ4v) is 3.14. The zero-order valence-corrected chi connectivity index (χ0v) is 16.4. The van der Waals surface area contributed by atoms with Crippen molar-refractivity contribution in [1.82, 2.24) is 10.2 Å². The average Bonchev–Trinajstić information content (AvgIpc) is 2.60. The van der Waals surface area contributed by atoms with Crippen LogP contribution in [-0.4, -0.2) is 37.3 Å². The number of unbranched alkanes of at least 4 members (excludes halogenated alkanes) is 1. The van der Waals surface area contributed by atoms with Crippen molar-refractivity contribution in [2.45, 2.75) is 39.5 Å². The van der Waals surface area contributed by atoms with Crippen molar-refractivity contribution in [1.29, 1.82) is 0 Å². The third kappa shape index (κ3) is 7.30. The Labute approximate surface area is 157 Å². The highest BCUT2D eigenvalue weighted by molar-refractivity contribution is 6.31. The van der Waals surface area contributed by atoms with Gasteiger partial charge in [-0.1, -0.05) is 50.1 Å². The van der Waals surface area contributed by atoms with Crippen molar-refractivity contribution >= 4 is 23.8 Å². The van der Waals surface area contributed by atoms with Crippen LogP contribution in [0.4, 0.5) is 0 Å². The van der Waals surface area contributed by atoms with Crippen molar-refractivity contribution in [3.8, 4) is 0 Å². The molecule has 1 aliphatic heterocycles. The van der Waals surface area contributed by atoms with E-state index in [0.29, 0.717) is 23.9 Å². The van der Waals surface area contributed by atoms with Gasteiger partial charge in [-0.3, -0.25) is 9.79 Å². The molecule has 1 atom stereocenters. The van der Waals surface area contributed by atoms with Crippen LogP contribution in [0, 0.1) is 5.92 Å². The van der Waals surface area contributed by atoms with Crippen LogP contribution in [0.1, 0.15) is 39.5 Å². The first kappa shape index (κ1) is 21.2. The maximum Gasteiger partial charge on any atom is 0.210 e. The van der Waals surface area contributed by atoms with Gasteiger partial charge in [0.1, 0.15) is 5.84 Å². The molecule has 0 saturated heterocycles. The quantitative estimate of drug-likeness (QED) is 0.285. The number of hydrogen-bond acceptors (Lipinski definition) is 2. The summed E-state index contributed by atoms with van der Waals surface area (Å²) in [5, 5.41) is 4.16. The molecule has 0 aromatic carbocycles. The van der Waals surface area contributed by atoms with E-state index in [-0.39, 0.29) is 0 Å². The summed E-state index contributed by atoms with van der Waals surface area (Å²) in [6.45, 7) is 9.35. The molecule has 0 aromatic heterocycles. The normalized spacial score (nSPS) is 19.5. The number of amidine groups is 1. The standard InChI is InChI=1S/C20H30ClN3O/c1-5-7-10-17-14-24(15-25)13-16(3)20(17)23-19(22-4)12-8-11-18(21)9-6-2/h6,8-9,11,15,17H,2,5,7,10,12-14H2,1,3-4H3,(H,22,23)/b11-8-,18-9+. The molecule has 1 aliphatic rings. The number of amides is 1. The molecule has 0 aliphatic carbocycles. The Morgan fingerprint density at radius 3 is 2.88 bits per heavy atom. The number of halogens is 1. The molecule has 5 heteroatoms. The highest BCUT2D eigenvalue weighted by Gasteiger charge is 2.25. The lowest BCUT2D eigenvalue weighted by molar-refractivity contribution is -0.118. The molecular weight excluding hydrogens is 334 g/mol. The minimum atomic E-state index is 0.337. The lowest BCUT2D eigenvalue weighted by atomic mass is 9.91. The second-order valence-electron chi connectivity index (χ2n) is 6.26. The lowest BCUT2D eigenvalue weighted by Gasteiger charge is -2.34. The highest BCUT2D eigenvalue weighted by Crippen LogP contribution is 2.25. The highest BCUT2D eigenvalue weighted by atomic mass is 35.5. The Balaban J connectivity index is 2.84. The van der Waals surface area contributed by atoms with E-state index in [4.69, 9.17) is 11.6 Å². The van der Waals surface area contributed by atoms with Gasteiger partial charge in [0.15, 0.2) is 0 Å². The van der Waals surface area contributed by atoms with Gasteiger partial charge in [-0.05, 0) is 31.1 Å². The summed E-state index contributed by atoms with van der Waals surface area (Å²) >= 11 is 6.03. The van der Waals surface area contributed by atoms with E-state index in [2.05, 4.69) is 30.7 Å². The second-order valence-corrected chi connectivity index (χ2v) is 6.69. The number of carbonyl (C=O) groups excluding carboxylic acids is 1. The monoisotopic (exact) mass is 363 g/mol. The molecule has 1 rings (SSSR count). The van der Waals surface area contributed by atoms with E-state index < -0.39 is 0 Å². The van der Waals surface area contributed by atoms with Crippen LogP contribution in [0.5, 0.6) is 0 Å². The molecule has 1 amide bonds. The van der Waals surface area contributed by atoms with Crippen LogP contribution in [0.2, 0.25) is 0 Å². The van der Waals surface area contributed by atoms with E-state index in [1.54, 1.807) is 19.2 Å². The first-order valence-electron chi connectivity index (χ1n) is 8.82. The summed E-state index contributed by atoms with van der Waals surface area (Å²) in [4.78, 5) is 17.4. The third-order valence-electron chi connectivity index (χ3n) is 4.23. The second kappa shape index (κ2) is 11.7. The van der Waals surface area contributed by atoms with Crippen molar-refractivity contribution in [3.05, 3.63) is 47.2 Å². The third-order valence-corrected chi connectivity index (χ3v) is 4.48. The van der Waals surface area contributed by atoms with Gasteiger partial charge >= 0.3 is 0 Å². The fraction of sp³-hybridized carbons (Fsp3) is 0.500. The summed E-state index contributed by atoms with van der Waals surface area (Å²) < 4.78 is 0. The van der Waals surface area contributed by atoms with Gasteiger partial charge < -0.3 is 10.2 Å². The van der Waals surface area contributed by atoms with Crippen LogP contribution in [-0.2, 0) is 4.79 Å². The average molecular weight is 364 g/mol. The zero-order chi connectivity index (χ0) is 18.7. The number of nitrogens with one attached hydrogen (secondary N) is 1. The number of hydrogen-bond donors (Lipinski definition) is 1. The molecule has 138 valence electrons. The van der Waals surface area contributed by atoms with Gasteiger partial charge in [-0.25, -0.2) is 0 Å². The predicted octanol–water partition coefficient (Wildman–Crippen LogP) is 4.41. The summed E-state index contributed by atoms with van der Waals surface area (Å²) in [7, 11) is 1.79. The fourth-order valence-electron chi connectivity index (χ4n) is 2.96. The van der Waals surface area contributed by atoms with Gasteiger partial charge in [-0.2, -0.15) is 0 Å². The maximum atomic E-state index is 11.2. The van der Waals surface area contributed by atoms with E-state index in [0.717, 1.165) is 38.1 Å². The van der Waals surface area contributed by atoms with Crippen molar-refractivity contribution in [2.24, 2.45) is 10.9 Å². The Morgan fingerprint density at radius 1 is 1.52 bits per heavy atom. The minimum Gasteiger partial charge on any atom is -0.347 e. The zero-order valence-electron chi connectivity index (χ0n) is 15.6. The molecule has 1 unspecified atom stereocenters. The smallest absolute Gasteiger partial charge is 0.210 e. The number of aliphatic imine (C=N–C) groups is 1. The number of allylic oxidation sites excluding steroid dienone is 4. The maximum absolute atomic E-state index is 11.2. The lowest BCUT2D eigenvalue weighted by Crippen LogP contribution is -2.41. The SMILES string of the molecule is C=C/C=C(Cl)\C=C/CC(=NC)NC1=C(C)CN(C=O)CC1CCCC. The first-order chi connectivity index (χ1) is 12.0. The molecule has 0 spiro atoms. The molecule has 1 heterocycles. The van der Waals surface area contributed by atoms with Gasteiger partial charge in [0.25, 0.3) is 0 Å². The van der Waals surface area contributed by atoms with Crippen molar-refractivity contribution in [3.63, 3.8) is 0 Å². The summed E-state index contributed by atoms with van der Waals surface area (Å²) in [5.41, 5.74) is 2.42. The van der Waals surface area contributed by atoms with Gasteiger partial charge in [0, 0.05) is 43.2 Å². The molecule has 0 saturated carbocycles. The van der Waals surface area contributed by atoms with Gasteiger partial charge in [-0.15, -0.1) is 0 Å². The minimum absolute atomic E-state index is 0.337. The molecule has 4 nitrogen and oxygen atoms in total. The Bertz CT molecular complexity index is 575. The molecular formula is C20H30ClN3O. The Morgan fingerprint density at radius 2 is 2.28 bits per heavy atom. The van der Waals surface area contributed by atoms with E-state index in [9.17, 15) is 4.79 Å². The number of rotatable bonds is 9. The topological polar surface area (TPSA) is 44.7 Å². The largest absolute Gasteiger partial charge is 0.347 e. The van der Waals surface area contributed by atoms with Crippen molar-refractivity contribution < 1.29 is 4.79 Å². The number of carbonyl (C=O) groups is 1. The Kier molecular flexibility index (Phi) is 9.93. The van der Waals surface area contributed by atoms with Crippen LogP contribution in [0.15, 0.2) is 52.2 Å².